The summed E-state index contributed by atoms with van der Waals surface area (Å²) < 4.78 is 0. The molecule has 0 bridgehead atoms. The average Bonchev–Trinajstić information content (AvgIpc) is 3.46. The molecule has 5 aromatic rings. The molecular weight excluding hydrogens is 595 g/mol. The summed E-state index contributed by atoms with van der Waals surface area (Å²) in [5, 5.41) is 0. The van der Waals surface area contributed by atoms with Crippen molar-refractivity contribution in [1.82, 2.24) is 4.90 Å². The predicted octanol–water partition coefficient (Wildman–Crippen LogP) is 6.75. The topological polar surface area (TPSA) is 3.24 Å². The summed E-state index contributed by atoms with van der Waals surface area (Å²) in [4.78, 5) is 2.22. The van der Waals surface area contributed by atoms with E-state index in [0.29, 0.717) is 7.92 Å². The molecule has 5 aromatic carbocycles. The Kier molecular flexibility index (Phi) is 14.6. The van der Waals surface area contributed by atoms with Gasteiger partial charge in [-0.25, -0.2) is 0 Å². The van der Waals surface area contributed by atoms with Crippen LogP contribution in [0.15, 0.2) is 146 Å². The van der Waals surface area contributed by atoms with Crippen molar-refractivity contribution in [2.75, 3.05) is 40.6 Å². The van der Waals surface area contributed by atoms with Crippen LogP contribution in [0.3, 0.4) is 0 Å². The molecule has 0 fully saturated rings. The van der Waals surface area contributed by atoms with Gasteiger partial charge in [-0.05, 0) is 71.0 Å². The Balaban J connectivity index is 0.000000236. The molecule has 0 N–H and O–H groups in total. The largest absolute Gasteiger partial charge is 0.309 e. The number of nitrogens with zero attached hydrogens (tertiary/aromatic N) is 1. The molecule has 0 unspecified atom stereocenters. The molecule has 0 aromatic heterocycles. The fourth-order valence-corrected chi connectivity index (χ4v) is 5.90. The maximum Gasteiger partial charge on any atom is 0.108 e. The zero-order valence-corrected chi connectivity index (χ0v) is 28.6. The Morgan fingerprint density at radius 2 is 0.841 bits per heavy atom. The number of fused-ring (bicyclic) bond motifs is 1. The fourth-order valence-electron chi connectivity index (χ4n) is 5.90. The van der Waals surface area contributed by atoms with Gasteiger partial charge < -0.3 is 4.90 Å². The molecule has 6 rings (SSSR count). The number of rotatable bonds is 7. The van der Waals surface area contributed by atoms with Crippen molar-refractivity contribution in [2.45, 2.75) is 6.42 Å². The monoisotopic (exact) mass is 639 g/mol. The van der Waals surface area contributed by atoms with E-state index in [9.17, 15) is 0 Å². The first kappa shape index (κ1) is 35.5. The number of benzene rings is 5. The molecule has 4 heteroatoms. The van der Waals surface area contributed by atoms with Crippen molar-refractivity contribution in [2.24, 2.45) is 0 Å². The van der Waals surface area contributed by atoms with Crippen LogP contribution in [0.25, 0.3) is 0 Å². The molecule has 0 aliphatic heterocycles. The van der Waals surface area contributed by atoms with Crippen molar-refractivity contribution >= 4 is 35.9 Å². The van der Waals surface area contributed by atoms with E-state index in [0.717, 1.165) is 13.0 Å². The van der Waals surface area contributed by atoms with Gasteiger partial charge in [0.15, 0.2) is 0 Å². The third-order valence-corrected chi connectivity index (χ3v) is 7.80. The van der Waals surface area contributed by atoms with Crippen molar-refractivity contribution in [3.8, 4) is 0 Å². The molecule has 0 saturated heterocycles. The molecule has 1 nitrogen and oxygen atoms in total. The van der Waals surface area contributed by atoms with Crippen molar-refractivity contribution in [3.05, 3.63) is 175 Å². The molecule has 1 aliphatic carbocycles. The number of hydrogen-bond donors (Lipinski definition) is 0. The van der Waals surface area contributed by atoms with Crippen LogP contribution in [0.2, 0.25) is 0 Å². The first-order valence-electron chi connectivity index (χ1n) is 15.2. The van der Waals surface area contributed by atoms with Gasteiger partial charge in [-0.3, -0.25) is 0 Å². The second-order valence-corrected chi connectivity index (χ2v) is 14.5. The summed E-state index contributed by atoms with van der Waals surface area (Å²) in [5.74, 6) is 1.47. The van der Waals surface area contributed by atoms with Crippen LogP contribution in [-0.2, 0) is 16.5 Å². The van der Waals surface area contributed by atoms with E-state index in [-0.39, 0.29) is 16.5 Å². The summed E-state index contributed by atoms with van der Waals surface area (Å²) in [5.41, 5.74) is 8.13. The van der Waals surface area contributed by atoms with E-state index < -0.39 is 6.15 Å². The molecule has 0 heterocycles. The van der Waals surface area contributed by atoms with E-state index in [4.69, 9.17) is 0 Å². The van der Waals surface area contributed by atoms with Gasteiger partial charge in [0.2, 0.25) is 0 Å². The van der Waals surface area contributed by atoms with E-state index in [1.807, 2.05) is 0 Å². The van der Waals surface area contributed by atoms with Gasteiger partial charge in [0.25, 0.3) is 0 Å². The Morgan fingerprint density at radius 1 is 0.500 bits per heavy atom. The van der Waals surface area contributed by atoms with Crippen LogP contribution in [0, 0.1) is 18.8 Å². The van der Waals surface area contributed by atoms with E-state index in [2.05, 4.69) is 197 Å². The van der Waals surface area contributed by atoms with Gasteiger partial charge in [0, 0.05) is 22.4 Å². The molecule has 1 aliphatic rings. The fraction of sp³-hybridized carbons (Fsp3) is 0.175. The van der Waals surface area contributed by atoms with Gasteiger partial charge >= 0.3 is 0 Å². The third-order valence-electron chi connectivity index (χ3n) is 7.80. The smallest absolute Gasteiger partial charge is 0.108 e. The summed E-state index contributed by atoms with van der Waals surface area (Å²) in [6.07, 6.45) is 4.38. The first-order chi connectivity index (χ1) is 20.9. The average molecular weight is 640 g/mol. The van der Waals surface area contributed by atoms with Crippen molar-refractivity contribution in [1.29, 1.82) is 0 Å². The summed E-state index contributed by atoms with van der Waals surface area (Å²) in [7, 11) is 4.61. The zero-order valence-electron chi connectivity index (χ0n) is 26.7. The van der Waals surface area contributed by atoms with Crippen LogP contribution in [0.1, 0.15) is 17.5 Å². The van der Waals surface area contributed by atoms with Gasteiger partial charge in [-0.2, -0.15) is 21.9 Å². The SMILES string of the molecule is CN(C)CC[C]1[CH][CH]c2ccccc21.CP(C)C.[Ni].c1ccc([B-](c2ccccc2)(c2ccccc2)c2ccccc2)cc1. The molecule has 3 radical (unpaired) electrons. The third kappa shape index (κ3) is 9.28. The van der Waals surface area contributed by atoms with E-state index >= 15 is 0 Å². The summed E-state index contributed by atoms with van der Waals surface area (Å²) >= 11 is 0. The van der Waals surface area contributed by atoms with Gasteiger partial charge in [-0.1, -0.05) is 146 Å². The quantitative estimate of drug-likeness (QED) is 0.141. The van der Waals surface area contributed by atoms with Crippen LogP contribution in [-0.4, -0.2) is 51.7 Å². The van der Waals surface area contributed by atoms with E-state index in [1.165, 1.54) is 38.9 Å². The second-order valence-electron chi connectivity index (χ2n) is 11.8. The van der Waals surface area contributed by atoms with Crippen molar-refractivity contribution in [3.63, 3.8) is 0 Å². The van der Waals surface area contributed by atoms with Crippen LogP contribution in [0.5, 0.6) is 0 Å². The van der Waals surface area contributed by atoms with Crippen LogP contribution >= 0.6 is 7.92 Å². The van der Waals surface area contributed by atoms with Gasteiger partial charge in [-0.15, -0.1) is 7.92 Å². The molecule has 0 saturated carbocycles. The van der Waals surface area contributed by atoms with Crippen LogP contribution in [0.4, 0.5) is 0 Å². The predicted molar refractivity (Wildman–Crippen MR) is 194 cm³/mol. The molecule has 0 atom stereocenters. The Hall–Kier alpha value is -2.95. The van der Waals surface area contributed by atoms with Crippen LogP contribution < -0.4 is 21.9 Å². The maximum absolute atomic E-state index is 2.26. The van der Waals surface area contributed by atoms with Crippen molar-refractivity contribution < 1.29 is 16.5 Å². The maximum atomic E-state index is 2.26. The molecule has 44 heavy (non-hydrogen) atoms. The summed E-state index contributed by atoms with van der Waals surface area (Å²) in [6.45, 7) is 7.81. The Labute approximate surface area is 278 Å². The second kappa shape index (κ2) is 18.1. The standard InChI is InChI=1S/C24H20B.C13H16N.C3H9P.Ni/c1-5-13-21(14-6-1)25(22-15-7-2-8-16-22,23-17-9-3-10-18-23)24-19-11-4-12-20-24;1-14(2)10-9-12-8-7-11-5-3-4-6-13(11)12;1-4(2)3;/h1-20H;3-8H,9-10H2,1-2H3;1-3H3;/q-1;;;. The molecule has 229 valence electrons. The molecule has 0 amide bonds. The van der Waals surface area contributed by atoms with Gasteiger partial charge in [0.1, 0.15) is 6.15 Å². The molecule has 0 spiro atoms. The zero-order chi connectivity index (χ0) is 30.5. The Morgan fingerprint density at radius 3 is 1.20 bits per heavy atom. The van der Waals surface area contributed by atoms with Gasteiger partial charge in [0.05, 0.1) is 0 Å². The normalized spacial score (nSPS) is 12.3. The molecular formula is C40H45BNNiP-. The number of hydrogen-bond acceptors (Lipinski definition) is 1. The minimum atomic E-state index is -1.22. The Bertz CT molecular complexity index is 1310. The minimum Gasteiger partial charge on any atom is -0.309 e. The first-order valence-corrected chi connectivity index (χ1v) is 17.9. The minimum absolute atomic E-state index is 0. The van der Waals surface area contributed by atoms with E-state index in [1.54, 1.807) is 0 Å². The summed E-state index contributed by atoms with van der Waals surface area (Å²) in [6, 6.07) is 52.1.